The zero-order chi connectivity index (χ0) is 25.1. The molecule has 2 saturated carbocycles. The van der Waals surface area contributed by atoms with Crippen LogP contribution in [0.3, 0.4) is 0 Å². The fourth-order valence-corrected chi connectivity index (χ4v) is 4.72. The van der Waals surface area contributed by atoms with Crippen molar-refractivity contribution in [1.82, 2.24) is 20.4 Å². The molecule has 1 aromatic rings. The fraction of sp³-hybridized carbons (Fsp3) is 0.708. The molecule has 1 heterocycles. The first kappa shape index (κ1) is 25.7. The number of anilines is 1. The topological polar surface area (TPSA) is 131 Å². The molecule has 2 aliphatic carbocycles. The Morgan fingerprint density at radius 1 is 1.12 bits per heavy atom. The molecule has 0 saturated heterocycles. The zero-order valence-corrected chi connectivity index (χ0v) is 20.8. The van der Waals surface area contributed by atoms with Gasteiger partial charge in [-0.15, -0.1) is 0 Å². The van der Waals surface area contributed by atoms with Crippen molar-refractivity contribution < 1.29 is 23.9 Å². The van der Waals surface area contributed by atoms with Crippen molar-refractivity contribution in [2.75, 3.05) is 5.32 Å². The Hall–Kier alpha value is -2.91. The predicted octanol–water partition coefficient (Wildman–Crippen LogP) is 2.83. The van der Waals surface area contributed by atoms with Gasteiger partial charge in [-0.2, -0.15) is 5.10 Å². The lowest BCUT2D eigenvalue weighted by Gasteiger charge is -2.41. The third kappa shape index (κ3) is 6.36. The van der Waals surface area contributed by atoms with Gasteiger partial charge in [0.2, 0.25) is 11.7 Å². The fourth-order valence-electron chi connectivity index (χ4n) is 4.72. The summed E-state index contributed by atoms with van der Waals surface area (Å²) in [4.78, 5) is 51.6. The van der Waals surface area contributed by atoms with Gasteiger partial charge in [0, 0.05) is 19.3 Å². The van der Waals surface area contributed by atoms with E-state index in [2.05, 4.69) is 28.0 Å². The molecule has 2 aliphatic rings. The molecule has 188 valence electrons. The lowest BCUT2D eigenvalue weighted by molar-refractivity contribution is -0.144. The number of Topliss-reactive ketones (excluding diaryl/α,β-unsaturated/α-hetero) is 1. The second-order valence-corrected chi connectivity index (χ2v) is 11.0. The third-order valence-electron chi connectivity index (χ3n) is 6.68. The average molecular weight is 476 g/mol. The van der Waals surface area contributed by atoms with Crippen LogP contribution in [0.1, 0.15) is 79.1 Å². The predicted molar refractivity (Wildman–Crippen MR) is 126 cm³/mol. The zero-order valence-electron chi connectivity index (χ0n) is 20.8. The van der Waals surface area contributed by atoms with Crippen LogP contribution in [0.25, 0.3) is 0 Å². The van der Waals surface area contributed by atoms with Gasteiger partial charge in [-0.3, -0.25) is 19.1 Å². The van der Waals surface area contributed by atoms with Gasteiger partial charge in [0.15, 0.2) is 5.82 Å². The van der Waals surface area contributed by atoms with Gasteiger partial charge in [-0.25, -0.2) is 4.79 Å². The first-order valence-corrected chi connectivity index (χ1v) is 12.0. The monoisotopic (exact) mass is 475 g/mol. The molecule has 34 heavy (non-hydrogen) atoms. The number of hydrogen-bond donors (Lipinski definition) is 3. The number of nitrogens with one attached hydrogen (secondary N) is 3. The van der Waals surface area contributed by atoms with Crippen LogP contribution in [0, 0.1) is 5.41 Å². The first-order chi connectivity index (χ1) is 15.8. The second-order valence-electron chi connectivity index (χ2n) is 11.0. The highest BCUT2D eigenvalue weighted by Gasteiger charge is 2.49. The summed E-state index contributed by atoms with van der Waals surface area (Å²) in [6.45, 7) is 7.37. The van der Waals surface area contributed by atoms with E-state index in [4.69, 9.17) is 4.74 Å². The largest absolute Gasteiger partial charge is 0.444 e. The standard InChI is InChI=1S/C24H37N5O5/c1-22(2,3)34-21(33)25-16(15-23(4)10-6-7-11-23)19(31)27-24(12-8-13-24)18(30)20(32)26-17-9-14-29(5)28-17/h9,14,16H,6-8,10-13,15H2,1-5H3,(H,25,33)(H,27,31)(H,26,28,32). The van der Waals surface area contributed by atoms with Gasteiger partial charge in [0.25, 0.3) is 5.91 Å². The third-order valence-corrected chi connectivity index (χ3v) is 6.68. The highest BCUT2D eigenvalue weighted by Crippen LogP contribution is 2.41. The Kier molecular flexibility index (Phi) is 7.38. The molecule has 0 spiro atoms. The number of ether oxygens (including phenoxy) is 1. The number of hydrogen-bond acceptors (Lipinski definition) is 6. The summed E-state index contributed by atoms with van der Waals surface area (Å²) in [5.74, 6) is -1.74. The van der Waals surface area contributed by atoms with Crippen molar-refractivity contribution >= 4 is 29.5 Å². The number of aromatic nitrogens is 2. The normalized spacial score (nSPS) is 19.4. The molecule has 1 unspecified atom stereocenters. The van der Waals surface area contributed by atoms with E-state index < -0.39 is 40.9 Å². The first-order valence-electron chi connectivity index (χ1n) is 12.0. The second kappa shape index (κ2) is 9.76. The summed E-state index contributed by atoms with van der Waals surface area (Å²) in [6, 6.07) is 0.711. The van der Waals surface area contributed by atoms with E-state index >= 15 is 0 Å². The molecule has 3 N–H and O–H groups in total. The van der Waals surface area contributed by atoms with Gasteiger partial charge >= 0.3 is 6.09 Å². The minimum atomic E-state index is -1.28. The molecule has 3 rings (SSSR count). The SMILES string of the molecule is Cn1ccc(NC(=O)C(=O)C2(NC(=O)C(CC3(C)CCCC3)NC(=O)OC(C)(C)C)CCC2)n1. The maximum atomic E-state index is 13.4. The number of amides is 3. The van der Waals surface area contributed by atoms with E-state index in [1.165, 1.54) is 4.68 Å². The highest BCUT2D eigenvalue weighted by atomic mass is 16.6. The molecule has 0 bridgehead atoms. The number of nitrogens with zero attached hydrogens (tertiary/aromatic N) is 2. The lowest BCUT2D eigenvalue weighted by atomic mass is 9.72. The van der Waals surface area contributed by atoms with Crippen molar-refractivity contribution in [1.29, 1.82) is 0 Å². The lowest BCUT2D eigenvalue weighted by Crippen LogP contribution is -2.65. The Morgan fingerprint density at radius 2 is 1.76 bits per heavy atom. The van der Waals surface area contributed by atoms with E-state index in [0.29, 0.717) is 25.7 Å². The van der Waals surface area contributed by atoms with E-state index in [1.54, 1.807) is 40.1 Å². The highest BCUT2D eigenvalue weighted by molar-refractivity contribution is 6.44. The summed E-state index contributed by atoms with van der Waals surface area (Å²) < 4.78 is 6.88. The Bertz CT molecular complexity index is 938. The summed E-state index contributed by atoms with van der Waals surface area (Å²) in [5.41, 5.74) is -2.08. The smallest absolute Gasteiger partial charge is 0.408 e. The van der Waals surface area contributed by atoms with E-state index in [0.717, 1.165) is 25.7 Å². The van der Waals surface area contributed by atoms with Gasteiger partial charge in [-0.05, 0) is 64.7 Å². The summed E-state index contributed by atoms with van der Waals surface area (Å²) in [6.07, 6.45) is 6.92. The molecular weight excluding hydrogens is 438 g/mol. The molecule has 1 atom stereocenters. The summed E-state index contributed by atoms with van der Waals surface area (Å²) >= 11 is 0. The molecule has 10 heteroatoms. The number of carbonyl (C=O) groups excluding carboxylic acids is 4. The maximum Gasteiger partial charge on any atom is 0.408 e. The molecule has 0 aliphatic heterocycles. The summed E-state index contributed by atoms with van der Waals surface area (Å²) in [7, 11) is 1.70. The quantitative estimate of drug-likeness (QED) is 0.496. The van der Waals surface area contributed by atoms with E-state index in [-0.39, 0.29) is 11.2 Å². The molecular formula is C24H37N5O5. The van der Waals surface area contributed by atoms with Crippen LogP contribution >= 0.6 is 0 Å². The number of alkyl carbamates (subject to hydrolysis) is 1. The van der Waals surface area contributed by atoms with Gasteiger partial charge < -0.3 is 20.7 Å². The molecule has 0 radical (unpaired) electrons. The van der Waals surface area contributed by atoms with Crippen LogP contribution in [0.4, 0.5) is 10.6 Å². The minimum Gasteiger partial charge on any atom is -0.444 e. The Morgan fingerprint density at radius 3 is 2.26 bits per heavy atom. The molecule has 3 amide bonds. The summed E-state index contributed by atoms with van der Waals surface area (Å²) in [5, 5.41) is 12.1. The average Bonchev–Trinajstić information content (AvgIpc) is 3.30. The number of carbonyl (C=O) groups is 4. The van der Waals surface area contributed by atoms with Crippen LogP contribution in [0.5, 0.6) is 0 Å². The van der Waals surface area contributed by atoms with Gasteiger partial charge in [-0.1, -0.05) is 19.8 Å². The van der Waals surface area contributed by atoms with E-state index in [9.17, 15) is 19.2 Å². The van der Waals surface area contributed by atoms with Crippen LogP contribution in [0.2, 0.25) is 0 Å². The minimum absolute atomic E-state index is 0.0931. The maximum absolute atomic E-state index is 13.4. The Labute approximate surface area is 200 Å². The number of ketones is 1. The van der Waals surface area contributed by atoms with Crippen molar-refractivity contribution in [3.8, 4) is 0 Å². The molecule has 1 aromatic heterocycles. The van der Waals surface area contributed by atoms with Crippen molar-refractivity contribution in [2.45, 2.75) is 96.2 Å². The van der Waals surface area contributed by atoms with Crippen LogP contribution < -0.4 is 16.0 Å². The molecule has 10 nitrogen and oxygen atoms in total. The van der Waals surface area contributed by atoms with Crippen LogP contribution in [0.15, 0.2) is 12.3 Å². The Balaban J connectivity index is 1.72. The van der Waals surface area contributed by atoms with E-state index in [1.807, 2.05) is 0 Å². The van der Waals surface area contributed by atoms with Gasteiger partial charge in [0.1, 0.15) is 17.2 Å². The molecule has 0 aromatic carbocycles. The van der Waals surface area contributed by atoms with Crippen molar-refractivity contribution in [3.63, 3.8) is 0 Å². The van der Waals surface area contributed by atoms with Crippen LogP contribution in [-0.2, 0) is 26.2 Å². The number of rotatable bonds is 8. The van der Waals surface area contributed by atoms with Crippen LogP contribution in [-0.4, -0.2) is 50.7 Å². The van der Waals surface area contributed by atoms with Gasteiger partial charge in [0.05, 0.1) is 0 Å². The van der Waals surface area contributed by atoms with Crippen molar-refractivity contribution in [2.24, 2.45) is 12.5 Å². The van der Waals surface area contributed by atoms with Crippen molar-refractivity contribution in [3.05, 3.63) is 12.3 Å². The number of aryl methyl sites for hydroxylation is 1. The molecule has 2 fully saturated rings.